The average molecular weight is 396 g/mol. The zero-order valence-corrected chi connectivity index (χ0v) is 17.2. The van der Waals surface area contributed by atoms with Gasteiger partial charge in [-0.15, -0.1) is 0 Å². The maximum absolute atomic E-state index is 6.04. The molecule has 1 aliphatic carbocycles. The van der Waals surface area contributed by atoms with Crippen LogP contribution in [0.1, 0.15) is 43.2 Å². The minimum Gasteiger partial charge on any atom is -0.376 e. The maximum atomic E-state index is 6.04. The zero-order chi connectivity index (χ0) is 19.7. The van der Waals surface area contributed by atoms with E-state index >= 15 is 0 Å². The first kappa shape index (κ1) is 20.5. The molecule has 1 aliphatic heterocycles. The maximum Gasteiger partial charge on any atom is 0.157 e. The van der Waals surface area contributed by atoms with Gasteiger partial charge in [0.15, 0.2) is 6.29 Å². The molecule has 1 saturated carbocycles. The summed E-state index contributed by atoms with van der Waals surface area (Å²) in [6, 6.07) is 22.1. The number of rotatable bonds is 10. The zero-order valence-electron chi connectivity index (χ0n) is 17.2. The molecule has 1 saturated heterocycles. The summed E-state index contributed by atoms with van der Waals surface area (Å²) >= 11 is 0. The Hall–Kier alpha value is -1.72. The molecule has 2 fully saturated rings. The Balaban J connectivity index is 1.22. The Morgan fingerprint density at radius 1 is 0.793 bits per heavy atom. The van der Waals surface area contributed by atoms with Gasteiger partial charge in [-0.25, -0.2) is 0 Å². The van der Waals surface area contributed by atoms with Crippen molar-refractivity contribution in [1.82, 2.24) is 4.90 Å². The Morgan fingerprint density at radius 3 is 2.00 bits per heavy atom. The number of ether oxygens (including phenoxy) is 3. The molecule has 1 heterocycles. The van der Waals surface area contributed by atoms with Gasteiger partial charge in [0.2, 0.25) is 0 Å². The van der Waals surface area contributed by atoms with Gasteiger partial charge in [0.1, 0.15) is 0 Å². The first-order valence-corrected chi connectivity index (χ1v) is 11.0. The highest BCUT2D eigenvalue weighted by atomic mass is 16.7. The topological polar surface area (TPSA) is 30.9 Å². The molecule has 0 amide bonds. The van der Waals surface area contributed by atoms with E-state index in [9.17, 15) is 0 Å². The summed E-state index contributed by atoms with van der Waals surface area (Å²) in [4.78, 5) is 2.59. The normalized spacial score (nSPS) is 24.4. The van der Waals surface area contributed by atoms with Gasteiger partial charge in [-0.2, -0.15) is 0 Å². The van der Waals surface area contributed by atoms with Gasteiger partial charge in [-0.05, 0) is 43.2 Å². The lowest BCUT2D eigenvalue weighted by Gasteiger charge is -2.43. The highest BCUT2D eigenvalue weighted by molar-refractivity contribution is 5.17. The van der Waals surface area contributed by atoms with E-state index in [1.165, 1.54) is 17.5 Å². The Labute approximate surface area is 174 Å². The van der Waals surface area contributed by atoms with Gasteiger partial charge in [0.25, 0.3) is 0 Å². The minimum absolute atomic E-state index is 0.0197. The highest BCUT2D eigenvalue weighted by Crippen LogP contribution is 2.31. The molecular weight excluding hydrogens is 362 g/mol. The molecule has 2 aromatic rings. The van der Waals surface area contributed by atoms with Crippen LogP contribution in [0.5, 0.6) is 0 Å². The van der Waals surface area contributed by atoms with E-state index in [-0.39, 0.29) is 6.29 Å². The predicted octanol–water partition coefficient (Wildman–Crippen LogP) is 4.78. The third kappa shape index (κ3) is 6.38. The van der Waals surface area contributed by atoms with Crippen LogP contribution < -0.4 is 0 Å². The second kappa shape index (κ2) is 10.9. The summed E-state index contributed by atoms with van der Waals surface area (Å²) in [5.74, 6) is 0. The van der Waals surface area contributed by atoms with Crippen LogP contribution in [-0.2, 0) is 27.3 Å². The van der Waals surface area contributed by atoms with E-state index in [1.54, 1.807) is 0 Å². The van der Waals surface area contributed by atoms with Gasteiger partial charge < -0.3 is 14.2 Å². The molecule has 0 N–H and O–H groups in total. The summed E-state index contributed by atoms with van der Waals surface area (Å²) in [6.45, 7) is 4.08. The van der Waals surface area contributed by atoms with Crippen molar-refractivity contribution in [2.45, 2.75) is 63.6 Å². The summed E-state index contributed by atoms with van der Waals surface area (Å²) in [5, 5.41) is 0. The standard InChI is InChI=1S/C25H33NO3/c1-3-9-21(10-4-1)19-26(20-22-11-5-2-6-12-22)23-17-24(18-23)27-15-16-29-25-13-7-8-14-28-25/h1-6,9-12,23-25H,7-8,13-20H2. The van der Waals surface area contributed by atoms with E-state index in [0.29, 0.717) is 25.4 Å². The number of benzene rings is 2. The molecular formula is C25H33NO3. The second-order valence-corrected chi connectivity index (χ2v) is 8.16. The molecule has 4 heteroatoms. The lowest BCUT2D eigenvalue weighted by Crippen LogP contribution is -2.47. The van der Waals surface area contributed by atoms with Crippen LogP contribution in [0, 0.1) is 0 Å². The SMILES string of the molecule is c1ccc(CN(Cc2ccccc2)C2CC(OCCOC3CCCCO3)C2)cc1. The molecule has 2 aromatic carbocycles. The first-order valence-electron chi connectivity index (χ1n) is 11.0. The van der Waals surface area contributed by atoms with Crippen molar-refractivity contribution in [3.05, 3.63) is 71.8 Å². The fraction of sp³-hybridized carbons (Fsp3) is 0.520. The van der Waals surface area contributed by atoms with Crippen LogP contribution >= 0.6 is 0 Å². The molecule has 29 heavy (non-hydrogen) atoms. The largest absolute Gasteiger partial charge is 0.376 e. The minimum atomic E-state index is -0.0197. The van der Waals surface area contributed by atoms with Gasteiger partial charge in [0.05, 0.1) is 19.3 Å². The lowest BCUT2D eigenvalue weighted by atomic mass is 9.87. The Morgan fingerprint density at radius 2 is 1.41 bits per heavy atom. The molecule has 0 aromatic heterocycles. The third-order valence-corrected chi connectivity index (χ3v) is 5.92. The Bertz CT molecular complexity index is 655. The summed E-state index contributed by atoms with van der Waals surface area (Å²) in [7, 11) is 0. The highest BCUT2D eigenvalue weighted by Gasteiger charge is 2.34. The van der Waals surface area contributed by atoms with Crippen LogP contribution in [-0.4, -0.2) is 43.2 Å². The fourth-order valence-electron chi connectivity index (χ4n) is 4.16. The molecule has 156 valence electrons. The third-order valence-electron chi connectivity index (χ3n) is 5.92. The van der Waals surface area contributed by atoms with Crippen molar-refractivity contribution in [2.24, 2.45) is 0 Å². The van der Waals surface area contributed by atoms with E-state index in [1.807, 2.05) is 0 Å². The van der Waals surface area contributed by atoms with E-state index in [0.717, 1.165) is 45.4 Å². The summed E-state index contributed by atoms with van der Waals surface area (Å²) in [5.41, 5.74) is 2.74. The van der Waals surface area contributed by atoms with Crippen LogP contribution in [0.4, 0.5) is 0 Å². The van der Waals surface area contributed by atoms with E-state index in [4.69, 9.17) is 14.2 Å². The van der Waals surface area contributed by atoms with Gasteiger partial charge in [-0.1, -0.05) is 60.7 Å². The molecule has 1 atom stereocenters. The number of hydrogen-bond acceptors (Lipinski definition) is 4. The summed E-state index contributed by atoms with van der Waals surface area (Å²) < 4.78 is 17.4. The van der Waals surface area contributed by atoms with Crippen LogP contribution in [0.15, 0.2) is 60.7 Å². The van der Waals surface area contributed by atoms with Crippen molar-refractivity contribution in [1.29, 1.82) is 0 Å². The predicted molar refractivity (Wildman–Crippen MR) is 114 cm³/mol. The van der Waals surface area contributed by atoms with Crippen molar-refractivity contribution >= 4 is 0 Å². The number of hydrogen-bond donors (Lipinski definition) is 0. The molecule has 4 rings (SSSR count). The molecule has 1 unspecified atom stereocenters. The van der Waals surface area contributed by atoms with E-state index in [2.05, 4.69) is 65.6 Å². The fourth-order valence-corrected chi connectivity index (χ4v) is 4.16. The molecule has 0 bridgehead atoms. The Kier molecular flexibility index (Phi) is 7.71. The quantitative estimate of drug-likeness (QED) is 0.542. The van der Waals surface area contributed by atoms with Crippen molar-refractivity contribution in [3.63, 3.8) is 0 Å². The van der Waals surface area contributed by atoms with Crippen LogP contribution in [0.2, 0.25) is 0 Å². The molecule has 2 aliphatic rings. The lowest BCUT2D eigenvalue weighted by molar-refractivity contribution is -0.175. The first-order chi connectivity index (χ1) is 14.4. The van der Waals surface area contributed by atoms with Crippen molar-refractivity contribution in [2.75, 3.05) is 19.8 Å². The molecule has 0 spiro atoms. The van der Waals surface area contributed by atoms with Gasteiger partial charge in [-0.3, -0.25) is 4.90 Å². The van der Waals surface area contributed by atoms with E-state index < -0.39 is 0 Å². The molecule has 4 nitrogen and oxygen atoms in total. The smallest absolute Gasteiger partial charge is 0.157 e. The monoisotopic (exact) mass is 395 g/mol. The average Bonchev–Trinajstić information content (AvgIpc) is 2.74. The van der Waals surface area contributed by atoms with Crippen LogP contribution in [0.25, 0.3) is 0 Å². The second-order valence-electron chi connectivity index (χ2n) is 8.16. The van der Waals surface area contributed by atoms with Crippen molar-refractivity contribution < 1.29 is 14.2 Å². The van der Waals surface area contributed by atoms with Crippen LogP contribution in [0.3, 0.4) is 0 Å². The number of nitrogens with zero attached hydrogens (tertiary/aromatic N) is 1. The molecule has 0 radical (unpaired) electrons. The van der Waals surface area contributed by atoms with Gasteiger partial charge >= 0.3 is 0 Å². The van der Waals surface area contributed by atoms with Gasteiger partial charge in [0, 0.05) is 25.7 Å². The summed E-state index contributed by atoms with van der Waals surface area (Å²) in [6.07, 6.45) is 5.90. The van der Waals surface area contributed by atoms with Crippen molar-refractivity contribution in [3.8, 4) is 0 Å².